The maximum absolute atomic E-state index is 12.8. The molecule has 0 bridgehead atoms. The van der Waals surface area contributed by atoms with E-state index in [-0.39, 0.29) is 17.5 Å². The molecule has 1 aromatic carbocycles. The lowest BCUT2D eigenvalue weighted by Crippen LogP contribution is -2.48. The van der Waals surface area contributed by atoms with Crippen molar-refractivity contribution >= 4 is 22.8 Å². The third kappa shape index (κ3) is 3.02. The summed E-state index contributed by atoms with van der Waals surface area (Å²) in [5.74, 6) is 1.32. The van der Waals surface area contributed by atoms with E-state index in [9.17, 15) is 10.1 Å². The van der Waals surface area contributed by atoms with Crippen molar-refractivity contribution in [1.82, 2.24) is 9.88 Å². The molecule has 8 heteroatoms. The molecule has 0 unspecified atom stereocenters. The van der Waals surface area contributed by atoms with Crippen LogP contribution in [0.1, 0.15) is 16.2 Å². The van der Waals surface area contributed by atoms with Crippen molar-refractivity contribution in [2.45, 2.75) is 0 Å². The SMILES string of the molecule is N#Cc1nc(-c2ccco2)oc1N1CCN(C(=O)c2cc3ccccc3o2)CC1. The molecule has 1 fully saturated rings. The van der Waals surface area contributed by atoms with Crippen LogP contribution in [-0.4, -0.2) is 42.0 Å². The van der Waals surface area contributed by atoms with E-state index in [1.54, 1.807) is 23.1 Å². The van der Waals surface area contributed by atoms with Gasteiger partial charge in [0.1, 0.15) is 11.7 Å². The highest BCUT2D eigenvalue weighted by atomic mass is 16.4. The largest absolute Gasteiger partial charge is 0.459 e. The molecule has 1 saturated heterocycles. The van der Waals surface area contributed by atoms with Gasteiger partial charge in [0.15, 0.2) is 11.5 Å². The molecule has 0 spiro atoms. The lowest BCUT2D eigenvalue weighted by Gasteiger charge is -2.34. The molecule has 1 aliphatic rings. The van der Waals surface area contributed by atoms with Crippen LogP contribution in [0.5, 0.6) is 0 Å². The molecule has 5 rings (SSSR count). The Bertz CT molecular complexity index is 1170. The molecule has 0 aliphatic carbocycles. The second-order valence-electron chi connectivity index (χ2n) is 6.69. The average Bonchev–Trinajstić information content (AvgIpc) is 3.51. The fourth-order valence-electron chi connectivity index (χ4n) is 3.46. The van der Waals surface area contributed by atoms with Gasteiger partial charge in [-0.15, -0.1) is 0 Å². The van der Waals surface area contributed by atoms with Crippen LogP contribution in [-0.2, 0) is 0 Å². The van der Waals surface area contributed by atoms with Gasteiger partial charge in [-0.3, -0.25) is 4.79 Å². The van der Waals surface area contributed by atoms with Crippen molar-refractivity contribution in [3.05, 3.63) is 60.2 Å². The number of rotatable bonds is 3. The number of carbonyl (C=O) groups excluding carboxylic acids is 1. The van der Waals surface area contributed by atoms with Gasteiger partial charge in [0.05, 0.1) is 6.26 Å². The van der Waals surface area contributed by atoms with E-state index in [1.807, 2.05) is 29.2 Å². The number of carbonyl (C=O) groups is 1. The smallest absolute Gasteiger partial charge is 0.289 e. The maximum atomic E-state index is 12.8. The zero-order valence-corrected chi connectivity index (χ0v) is 15.4. The van der Waals surface area contributed by atoms with E-state index in [0.29, 0.717) is 49.2 Å². The summed E-state index contributed by atoms with van der Waals surface area (Å²) in [5, 5.41) is 10.3. The third-order valence-electron chi connectivity index (χ3n) is 4.94. The molecule has 4 aromatic rings. The van der Waals surface area contributed by atoms with Gasteiger partial charge >= 0.3 is 0 Å². The van der Waals surface area contributed by atoms with Gasteiger partial charge in [-0.05, 0) is 24.3 Å². The minimum Gasteiger partial charge on any atom is -0.459 e. The van der Waals surface area contributed by atoms with Crippen LogP contribution >= 0.6 is 0 Å². The number of piperazine rings is 1. The topological polar surface area (TPSA) is 99.6 Å². The monoisotopic (exact) mass is 388 g/mol. The van der Waals surface area contributed by atoms with Crippen LogP contribution in [0.25, 0.3) is 22.6 Å². The quantitative estimate of drug-likeness (QED) is 0.529. The number of para-hydroxylation sites is 1. The number of furan rings is 2. The van der Waals surface area contributed by atoms with Gasteiger partial charge in [-0.25, -0.2) is 0 Å². The zero-order chi connectivity index (χ0) is 19.8. The fraction of sp³-hybridized carbons (Fsp3) is 0.190. The average molecular weight is 388 g/mol. The Morgan fingerprint density at radius 2 is 1.90 bits per heavy atom. The summed E-state index contributed by atoms with van der Waals surface area (Å²) >= 11 is 0. The van der Waals surface area contributed by atoms with E-state index in [1.165, 1.54) is 6.26 Å². The first-order valence-electron chi connectivity index (χ1n) is 9.20. The van der Waals surface area contributed by atoms with Crippen LogP contribution in [0, 0.1) is 11.3 Å². The highest BCUT2D eigenvalue weighted by molar-refractivity contribution is 5.96. The van der Waals surface area contributed by atoms with Crippen LogP contribution < -0.4 is 4.90 Å². The molecule has 1 amide bonds. The number of amides is 1. The van der Waals surface area contributed by atoms with Gasteiger partial charge in [-0.1, -0.05) is 18.2 Å². The van der Waals surface area contributed by atoms with E-state index < -0.39 is 0 Å². The number of benzene rings is 1. The Balaban J connectivity index is 1.31. The first-order valence-corrected chi connectivity index (χ1v) is 9.20. The molecular formula is C21H16N4O4. The first kappa shape index (κ1) is 17.1. The van der Waals surface area contributed by atoms with Crippen LogP contribution in [0.3, 0.4) is 0 Å². The van der Waals surface area contributed by atoms with E-state index in [0.717, 1.165) is 5.39 Å². The number of fused-ring (bicyclic) bond motifs is 1. The number of nitriles is 1. The predicted molar refractivity (Wildman–Crippen MR) is 103 cm³/mol. The minimum absolute atomic E-state index is 0.143. The van der Waals surface area contributed by atoms with Crippen molar-refractivity contribution in [2.24, 2.45) is 0 Å². The number of anilines is 1. The first-order chi connectivity index (χ1) is 14.2. The number of hydrogen-bond donors (Lipinski definition) is 0. The summed E-state index contributed by atoms with van der Waals surface area (Å²) in [4.78, 5) is 20.7. The fourth-order valence-corrected chi connectivity index (χ4v) is 3.46. The molecule has 29 heavy (non-hydrogen) atoms. The predicted octanol–water partition coefficient (Wildman–Crippen LogP) is 3.51. The van der Waals surface area contributed by atoms with Crippen LogP contribution in [0.15, 0.2) is 62.0 Å². The number of nitrogens with zero attached hydrogens (tertiary/aromatic N) is 4. The maximum Gasteiger partial charge on any atom is 0.289 e. The second-order valence-corrected chi connectivity index (χ2v) is 6.69. The van der Waals surface area contributed by atoms with E-state index in [2.05, 4.69) is 11.1 Å². The van der Waals surface area contributed by atoms with Crippen molar-refractivity contribution in [1.29, 1.82) is 5.26 Å². The number of hydrogen-bond acceptors (Lipinski definition) is 7. The molecule has 0 N–H and O–H groups in total. The van der Waals surface area contributed by atoms with Crippen LogP contribution in [0.2, 0.25) is 0 Å². The van der Waals surface area contributed by atoms with Gasteiger partial charge in [0.2, 0.25) is 11.6 Å². The summed E-state index contributed by atoms with van der Waals surface area (Å²) in [6.45, 7) is 2.01. The molecule has 0 radical (unpaired) electrons. The Labute approximate surface area is 165 Å². The molecule has 8 nitrogen and oxygen atoms in total. The zero-order valence-electron chi connectivity index (χ0n) is 15.4. The van der Waals surface area contributed by atoms with E-state index in [4.69, 9.17) is 13.3 Å². The summed E-state index contributed by atoms with van der Waals surface area (Å²) in [6, 6.07) is 14.8. The highest BCUT2D eigenvalue weighted by Gasteiger charge is 2.28. The lowest BCUT2D eigenvalue weighted by molar-refractivity contribution is 0.0715. The summed E-state index contributed by atoms with van der Waals surface area (Å²) < 4.78 is 16.8. The van der Waals surface area contributed by atoms with Gasteiger partial charge < -0.3 is 23.1 Å². The van der Waals surface area contributed by atoms with Gasteiger partial charge in [0, 0.05) is 31.6 Å². The van der Waals surface area contributed by atoms with Gasteiger partial charge in [-0.2, -0.15) is 10.2 Å². The molecule has 3 aromatic heterocycles. The Morgan fingerprint density at radius 1 is 1.07 bits per heavy atom. The molecule has 4 heterocycles. The normalized spacial score (nSPS) is 14.3. The Morgan fingerprint density at radius 3 is 2.62 bits per heavy atom. The molecular weight excluding hydrogens is 372 g/mol. The summed E-state index contributed by atoms with van der Waals surface area (Å²) in [7, 11) is 0. The Kier molecular flexibility index (Phi) is 4.06. The second kappa shape index (κ2) is 6.87. The van der Waals surface area contributed by atoms with Crippen molar-refractivity contribution in [2.75, 3.05) is 31.1 Å². The Hall–Kier alpha value is -3.99. The number of aromatic nitrogens is 1. The summed E-state index contributed by atoms with van der Waals surface area (Å²) in [5.41, 5.74) is 0.897. The minimum atomic E-state index is -0.143. The molecule has 1 aliphatic heterocycles. The van der Waals surface area contributed by atoms with Crippen molar-refractivity contribution in [3.8, 4) is 17.7 Å². The lowest BCUT2D eigenvalue weighted by atomic mass is 10.2. The standard InChI is InChI=1S/C21H16N4O4/c22-13-15-21(29-19(23-15)17-6-3-11-27-17)25-9-7-24(8-10-25)20(26)18-12-14-4-1-2-5-16(14)28-18/h1-6,11-12H,7-10H2. The van der Waals surface area contributed by atoms with Crippen LogP contribution in [0.4, 0.5) is 5.88 Å². The highest BCUT2D eigenvalue weighted by Crippen LogP contribution is 2.29. The van der Waals surface area contributed by atoms with Gasteiger partial charge in [0.25, 0.3) is 11.8 Å². The van der Waals surface area contributed by atoms with E-state index >= 15 is 0 Å². The molecule has 0 saturated carbocycles. The number of oxazole rings is 1. The molecule has 0 atom stereocenters. The van der Waals surface area contributed by atoms with Crippen molar-refractivity contribution in [3.63, 3.8) is 0 Å². The third-order valence-corrected chi connectivity index (χ3v) is 4.94. The summed E-state index contributed by atoms with van der Waals surface area (Å²) in [6.07, 6.45) is 1.52. The molecule has 144 valence electrons. The van der Waals surface area contributed by atoms with Crippen molar-refractivity contribution < 1.29 is 18.0 Å².